The fourth-order valence-corrected chi connectivity index (χ4v) is 9.88. The van der Waals surface area contributed by atoms with Crippen molar-refractivity contribution in [3.8, 4) is 0 Å². The van der Waals surface area contributed by atoms with Gasteiger partial charge in [0.2, 0.25) is 11.8 Å². The van der Waals surface area contributed by atoms with Crippen LogP contribution in [0.4, 0.5) is 5.69 Å². The number of amides is 2. The molecule has 1 heterocycles. The van der Waals surface area contributed by atoms with Crippen molar-refractivity contribution in [1.29, 1.82) is 0 Å². The first-order valence-corrected chi connectivity index (χ1v) is 29.7. The number of ketones is 4. The van der Waals surface area contributed by atoms with Crippen molar-refractivity contribution in [3.05, 3.63) is 29.3 Å². The van der Waals surface area contributed by atoms with Gasteiger partial charge in [0.25, 0.3) is 0 Å². The van der Waals surface area contributed by atoms with Gasteiger partial charge in [-0.25, -0.2) is 0 Å². The summed E-state index contributed by atoms with van der Waals surface area (Å²) < 4.78 is 50.5. The predicted molar refractivity (Wildman–Crippen MR) is 304 cm³/mol. The number of carbonyl (C=O) groups excluding carboxylic acids is 7. The maximum Gasteiger partial charge on any atom is 0.302 e. The summed E-state index contributed by atoms with van der Waals surface area (Å²) >= 11 is 0. The number of aliphatic hydroxyl groups excluding tert-OH is 1. The second kappa shape index (κ2) is 44.5. The Morgan fingerprint density at radius 1 is 0.575 bits per heavy atom. The average molecular weight is 1140 g/mol. The highest BCUT2D eigenvalue weighted by Crippen LogP contribution is 2.41. The van der Waals surface area contributed by atoms with E-state index in [-0.39, 0.29) is 111 Å². The van der Waals surface area contributed by atoms with Crippen LogP contribution < -0.4 is 10.6 Å². The number of aliphatic hydroxyl groups is 1. The van der Waals surface area contributed by atoms with Crippen LogP contribution in [-0.2, 0) is 89.4 Å². The van der Waals surface area contributed by atoms with Crippen molar-refractivity contribution < 1.29 is 81.3 Å². The van der Waals surface area contributed by atoms with Gasteiger partial charge in [-0.05, 0) is 106 Å². The van der Waals surface area contributed by atoms with Crippen LogP contribution >= 0.6 is 0 Å². The molecule has 1 saturated heterocycles. The number of Topliss-reactive ketones (excluding diaryl/α,β-unsaturated/α-hetero) is 4. The van der Waals surface area contributed by atoms with Gasteiger partial charge in [-0.2, -0.15) is 0 Å². The van der Waals surface area contributed by atoms with Crippen molar-refractivity contribution in [2.24, 2.45) is 17.3 Å². The van der Waals surface area contributed by atoms with E-state index in [0.29, 0.717) is 154 Å². The average Bonchev–Trinajstić information content (AvgIpc) is 3.42. The number of unbranched alkanes of at least 4 members (excludes halogenated alkanes) is 5. The van der Waals surface area contributed by atoms with E-state index in [1.165, 1.54) is 13.8 Å². The van der Waals surface area contributed by atoms with E-state index >= 15 is 0 Å². The number of esters is 1. The summed E-state index contributed by atoms with van der Waals surface area (Å²) in [5, 5.41) is 15.5. The molecule has 1 aliphatic heterocycles. The van der Waals surface area contributed by atoms with Crippen LogP contribution in [0.25, 0.3) is 0 Å². The normalized spacial score (nSPS) is 17.3. The number of hydrogen-bond acceptors (Lipinski definition) is 17. The van der Waals surface area contributed by atoms with Crippen molar-refractivity contribution in [2.75, 3.05) is 91.7 Å². The van der Waals surface area contributed by atoms with Crippen LogP contribution in [0.1, 0.15) is 188 Å². The number of carbonyl (C=O) groups is 7. The Morgan fingerprint density at radius 3 is 1.57 bits per heavy atom. The van der Waals surface area contributed by atoms with Gasteiger partial charge in [-0.1, -0.05) is 45.6 Å². The van der Waals surface area contributed by atoms with Gasteiger partial charge in [-0.15, -0.1) is 0 Å². The SMILES string of the molecule is CCOCCCC(=O)CCC(CCC(=O)CCCOCC)(CCC(=O)CCCOCCOCCOCCOC1OC(COC(C)=O)C(C)C(C)C1NC(C)=O)CC(=O)CCCCCCCCC(=O)Nc1cc(CO)cc(COC)c1. The number of anilines is 1. The molecule has 0 spiro atoms. The Labute approximate surface area is 478 Å². The van der Waals surface area contributed by atoms with E-state index in [1.54, 1.807) is 13.2 Å². The smallest absolute Gasteiger partial charge is 0.302 e. The third kappa shape index (κ3) is 33.8. The largest absolute Gasteiger partial charge is 0.463 e. The third-order valence-electron chi connectivity index (χ3n) is 14.6. The highest BCUT2D eigenvalue weighted by molar-refractivity contribution is 5.91. The minimum absolute atomic E-state index is 0.00261. The Morgan fingerprint density at radius 2 is 1.06 bits per heavy atom. The quantitative estimate of drug-likeness (QED) is 0.0407. The molecule has 2 amide bonds. The van der Waals surface area contributed by atoms with E-state index < -0.39 is 17.7 Å². The number of rotatable bonds is 51. The van der Waals surface area contributed by atoms with Crippen molar-refractivity contribution in [1.82, 2.24) is 5.32 Å². The Kier molecular flexibility index (Phi) is 40.1. The Hall–Kier alpha value is -4.05. The summed E-state index contributed by atoms with van der Waals surface area (Å²) in [6, 6.07) is 5.07. The summed E-state index contributed by atoms with van der Waals surface area (Å²) in [5.74, 6) is -0.370. The lowest BCUT2D eigenvalue weighted by Crippen LogP contribution is -2.58. The molecule has 19 heteroatoms. The summed E-state index contributed by atoms with van der Waals surface area (Å²) in [4.78, 5) is 89.8. The number of benzene rings is 1. The van der Waals surface area contributed by atoms with Gasteiger partial charge < -0.3 is 58.4 Å². The zero-order valence-electron chi connectivity index (χ0n) is 49.8. The summed E-state index contributed by atoms with van der Waals surface area (Å²) in [6.45, 7) is 15.3. The zero-order valence-corrected chi connectivity index (χ0v) is 49.8. The second-order valence-corrected chi connectivity index (χ2v) is 21.3. The van der Waals surface area contributed by atoms with E-state index in [9.17, 15) is 38.7 Å². The minimum Gasteiger partial charge on any atom is -0.463 e. The van der Waals surface area contributed by atoms with E-state index in [4.69, 9.17) is 42.6 Å². The Bertz CT molecular complexity index is 1880. The lowest BCUT2D eigenvalue weighted by molar-refractivity contribution is -0.247. The molecule has 80 heavy (non-hydrogen) atoms. The van der Waals surface area contributed by atoms with E-state index in [1.807, 2.05) is 39.8 Å². The molecule has 3 N–H and O–H groups in total. The standard InChI is InChI=1S/C61H102N2O17/c1-8-73-30-16-20-53(67)24-27-61(28-25-54(68)21-17-31-74-9-2,42-56(70)19-14-12-10-11-13-15-23-58(71)63-52-40-50(43-64)39-51(41-52)44-72-7)29-26-55(69)22-18-32-75-33-34-76-35-36-77-37-38-78-60-59(62-48(5)65)47(4)46(3)57(80-60)45-79-49(6)66/h39-41,46-47,57,59-60,64H,8-38,42-45H2,1-7H3,(H,62,65)(H,63,71). The van der Waals surface area contributed by atoms with Crippen molar-refractivity contribution >= 4 is 46.6 Å². The van der Waals surface area contributed by atoms with E-state index in [0.717, 1.165) is 37.7 Å². The molecule has 1 aromatic carbocycles. The van der Waals surface area contributed by atoms with Crippen LogP contribution in [0.2, 0.25) is 0 Å². The van der Waals surface area contributed by atoms with Gasteiger partial charge in [0.15, 0.2) is 6.29 Å². The number of methoxy groups -OCH3 is 1. The summed E-state index contributed by atoms with van der Waals surface area (Å²) in [6.07, 6.45) is 9.70. The molecule has 0 saturated carbocycles. The lowest BCUT2D eigenvalue weighted by atomic mass is 9.70. The van der Waals surface area contributed by atoms with Crippen LogP contribution in [0, 0.1) is 17.3 Å². The molecule has 2 rings (SSSR count). The maximum atomic E-state index is 13.9. The molecule has 0 bridgehead atoms. The van der Waals surface area contributed by atoms with Crippen molar-refractivity contribution in [2.45, 2.75) is 208 Å². The molecule has 5 atom stereocenters. The van der Waals surface area contributed by atoms with Crippen LogP contribution in [0.5, 0.6) is 0 Å². The first-order chi connectivity index (χ1) is 38.5. The molecule has 1 aliphatic rings. The first-order valence-electron chi connectivity index (χ1n) is 29.7. The number of ether oxygens (including phenoxy) is 9. The monoisotopic (exact) mass is 1130 g/mol. The molecule has 0 aliphatic carbocycles. The highest BCUT2D eigenvalue weighted by Gasteiger charge is 2.43. The minimum atomic E-state index is -0.736. The van der Waals surface area contributed by atoms with Gasteiger partial charge >= 0.3 is 5.97 Å². The molecule has 0 aromatic heterocycles. The number of nitrogens with one attached hydrogen (secondary N) is 2. The fraction of sp³-hybridized carbons (Fsp3) is 0.787. The molecule has 0 radical (unpaired) electrons. The number of hydrogen-bond donors (Lipinski definition) is 3. The van der Waals surface area contributed by atoms with Gasteiger partial charge in [-0.3, -0.25) is 33.6 Å². The Balaban J connectivity index is 1.85. The molecule has 458 valence electrons. The summed E-state index contributed by atoms with van der Waals surface area (Å²) in [5.41, 5.74) is 1.53. The lowest BCUT2D eigenvalue weighted by Gasteiger charge is -2.44. The highest BCUT2D eigenvalue weighted by atomic mass is 16.7. The van der Waals surface area contributed by atoms with Crippen LogP contribution in [0.3, 0.4) is 0 Å². The zero-order chi connectivity index (χ0) is 58.8. The first kappa shape index (κ1) is 72.1. The molecule has 1 aromatic rings. The molecular weight excluding hydrogens is 1030 g/mol. The van der Waals surface area contributed by atoms with Gasteiger partial charge in [0.1, 0.15) is 29.7 Å². The van der Waals surface area contributed by atoms with Gasteiger partial charge in [0.05, 0.1) is 65.0 Å². The second-order valence-electron chi connectivity index (χ2n) is 21.3. The molecule has 1 fully saturated rings. The third-order valence-corrected chi connectivity index (χ3v) is 14.6. The van der Waals surface area contributed by atoms with Crippen LogP contribution in [-0.4, -0.2) is 151 Å². The molecular formula is C61H102N2O17. The van der Waals surface area contributed by atoms with Gasteiger partial charge in [0, 0.05) is 117 Å². The topological polar surface area (TPSA) is 247 Å². The molecule has 5 unspecified atom stereocenters. The predicted octanol–water partition coefficient (Wildman–Crippen LogP) is 8.92. The fourth-order valence-electron chi connectivity index (χ4n) is 9.88. The molecule has 19 nitrogen and oxygen atoms in total. The van der Waals surface area contributed by atoms with Crippen LogP contribution in [0.15, 0.2) is 18.2 Å². The maximum absolute atomic E-state index is 13.9. The van der Waals surface area contributed by atoms with E-state index in [2.05, 4.69) is 10.6 Å². The van der Waals surface area contributed by atoms with Crippen molar-refractivity contribution in [3.63, 3.8) is 0 Å². The summed E-state index contributed by atoms with van der Waals surface area (Å²) in [7, 11) is 1.60.